The summed E-state index contributed by atoms with van der Waals surface area (Å²) in [5.41, 5.74) is 0.911. The van der Waals surface area contributed by atoms with Crippen molar-refractivity contribution in [2.75, 3.05) is 6.61 Å². The van der Waals surface area contributed by atoms with Gasteiger partial charge in [-0.15, -0.1) is 0 Å². The number of hydrogen-bond acceptors (Lipinski definition) is 3. The first-order valence-electron chi connectivity index (χ1n) is 8.05. The molecular formula is C19H23NO3. The summed E-state index contributed by atoms with van der Waals surface area (Å²) in [5.74, 6) is -0.633. The fourth-order valence-electron chi connectivity index (χ4n) is 2.56. The zero-order chi connectivity index (χ0) is 16.7. The second kappa shape index (κ2) is 8.32. The SMILES string of the molecule is CCC(CC)NC(=O)COC(=O)Cc1cccc2ccccc12. The molecule has 0 saturated carbocycles. The number of esters is 1. The summed E-state index contributed by atoms with van der Waals surface area (Å²) in [6.45, 7) is 3.81. The van der Waals surface area contributed by atoms with Crippen LogP contribution in [-0.2, 0) is 20.7 Å². The molecule has 0 aromatic heterocycles. The lowest BCUT2D eigenvalue weighted by Gasteiger charge is -2.14. The van der Waals surface area contributed by atoms with Gasteiger partial charge in [0.05, 0.1) is 6.42 Å². The lowest BCUT2D eigenvalue weighted by molar-refractivity contribution is -0.148. The topological polar surface area (TPSA) is 55.4 Å². The van der Waals surface area contributed by atoms with Crippen molar-refractivity contribution in [1.29, 1.82) is 0 Å². The van der Waals surface area contributed by atoms with Crippen LogP contribution in [0.25, 0.3) is 10.8 Å². The van der Waals surface area contributed by atoms with Gasteiger partial charge in [0.2, 0.25) is 0 Å². The van der Waals surface area contributed by atoms with Crippen LogP contribution >= 0.6 is 0 Å². The molecule has 2 rings (SSSR count). The molecule has 0 saturated heterocycles. The Balaban J connectivity index is 1.90. The smallest absolute Gasteiger partial charge is 0.310 e. The second-order valence-electron chi connectivity index (χ2n) is 5.56. The van der Waals surface area contributed by atoms with Crippen molar-refractivity contribution in [2.24, 2.45) is 0 Å². The minimum Gasteiger partial charge on any atom is -0.455 e. The van der Waals surface area contributed by atoms with Crippen LogP contribution in [0.5, 0.6) is 0 Å². The number of carbonyl (C=O) groups excluding carboxylic acids is 2. The van der Waals surface area contributed by atoms with E-state index in [0.29, 0.717) is 0 Å². The second-order valence-corrected chi connectivity index (χ2v) is 5.56. The van der Waals surface area contributed by atoms with Gasteiger partial charge >= 0.3 is 5.97 Å². The summed E-state index contributed by atoms with van der Waals surface area (Å²) in [4.78, 5) is 23.7. The minimum absolute atomic E-state index is 0.138. The van der Waals surface area contributed by atoms with Crippen molar-refractivity contribution in [2.45, 2.75) is 39.2 Å². The van der Waals surface area contributed by atoms with Crippen LogP contribution in [0.15, 0.2) is 42.5 Å². The van der Waals surface area contributed by atoms with Crippen LogP contribution in [0.4, 0.5) is 0 Å². The van der Waals surface area contributed by atoms with E-state index < -0.39 is 0 Å². The molecule has 4 heteroatoms. The first-order chi connectivity index (χ1) is 11.1. The molecule has 0 aliphatic carbocycles. The largest absolute Gasteiger partial charge is 0.455 e. The summed E-state index contributed by atoms with van der Waals surface area (Å²) in [6.07, 6.45) is 1.90. The summed E-state index contributed by atoms with van der Waals surface area (Å²) in [7, 11) is 0. The molecule has 0 bridgehead atoms. The standard InChI is InChI=1S/C19H23NO3/c1-3-16(4-2)20-18(21)13-23-19(22)12-15-10-7-9-14-8-5-6-11-17(14)15/h5-11,16H,3-4,12-13H2,1-2H3,(H,20,21). The van der Waals surface area contributed by atoms with Gasteiger partial charge in [0.25, 0.3) is 5.91 Å². The highest BCUT2D eigenvalue weighted by molar-refractivity contribution is 5.89. The fourth-order valence-corrected chi connectivity index (χ4v) is 2.56. The molecular weight excluding hydrogens is 290 g/mol. The number of rotatable bonds is 7. The van der Waals surface area contributed by atoms with Gasteiger partial charge in [-0.3, -0.25) is 9.59 Å². The van der Waals surface area contributed by atoms with E-state index in [9.17, 15) is 9.59 Å². The van der Waals surface area contributed by atoms with E-state index in [0.717, 1.165) is 29.2 Å². The fraction of sp³-hybridized carbons (Fsp3) is 0.368. The maximum absolute atomic E-state index is 12.0. The number of fused-ring (bicyclic) bond motifs is 1. The van der Waals surface area contributed by atoms with Crippen LogP contribution in [0.2, 0.25) is 0 Å². The van der Waals surface area contributed by atoms with Crippen LogP contribution in [0.3, 0.4) is 0 Å². The number of nitrogens with one attached hydrogen (secondary N) is 1. The maximum Gasteiger partial charge on any atom is 0.310 e. The minimum atomic E-state index is -0.388. The van der Waals surface area contributed by atoms with Gasteiger partial charge in [0.1, 0.15) is 0 Å². The molecule has 2 aromatic carbocycles. The van der Waals surface area contributed by atoms with Gasteiger partial charge in [-0.2, -0.15) is 0 Å². The molecule has 0 heterocycles. The first kappa shape index (κ1) is 17.0. The monoisotopic (exact) mass is 313 g/mol. The van der Waals surface area contributed by atoms with E-state index in [1.54, 1.807) is 0 Å². The summed E-state index contributed by atoms with van der Waals surface area (Å²) < 4.78 is 5.10. The molecule has 122 valence electrons. The van der Waals surface area contributed by atoms with Crippen molar-refractivity contribution in [1.82, 2.24) is 5.32 Å². The molecule has 0 fully saturated rings. The van der Waals surface area contributed by atoms with E-state index in [4.69, 9.17) is 4.74 Å². The van der Waals surface area contributed by atoms with Crippen molar-refractivity contribution >= 4 is 22.6 Å². The van der Waals surface area contributed by atoms with Crippen LogP contribution < -0.4 is 5.32 Å². The zero-order valence-corrected chi connectivity index (χ0v) is 13.7. The molecule has 0 atom stereocenters. The van der Waals surface area contributed by atoms with Crippen molar-refractivity contribution in [3.63, 3.8) is 0 Å². The maximum atomic E-state index is 12.0. The third-order valence-corrected chi connectivity index (χ3v) is 3.93. The number of carbonyl (C=O) groups is 2. The molecule has 0 radical (unpaired) electrons. The summed E-state index contributed by atoms with van der Waals surface area (Å²) in [6, 6.07) is 13.9. The molecule has 1 amide bonds. The highest BCUT2D eigenvalue weighted by atomic mass is 16.5. The number of hydrogen-bond donors (Lipinski definition) is 1. The van der Waals surface area contributed by atoms with Crippen molar-refractivity contribution in [3.8, 4) is 0 Å². The lowest BCUT2D eigenvalue weighted by Crippen LogP contribution is -2.37. The first-order valence-corrected chi connectivity index (χ1v) is 8.05. The van der Waals surface area contributed by atoms with E-state index in [-0.39, 0.29) is 30.9 Å². The quantitative estimate of drug-likeness (QED) is 0.798. The number of benzene rings is 2. The van der Waals surface area contributed by atoms with E-state index >= 15 is 0 Å². The van der Waals surface area contributed by atoms with Crippen molar-refractivity contribution in [3.05, 3.63) is 48.0 Å². The Morgan fingerprint density at radius 1 is 1.04 bits per heavy atom. The van der Waals surface area contributed by atoms with E-state index in [2.05, 4.69) is 5.32 Å². The normalized spacial score (nSPS) is 10.7. The molecule has 23 heavy (non-hydrogen) atoms. The van der Waals surface area contributed by atoms with Gasteiger partial charge in [-0.25, -0.2) is 0 Å². The van der Waals surface area contributed by atoms with Gasteiger partial charge in [-0.1, -0.05) is 56.3 Å². The third-order valence-electron chi connectivity index (χ3n) is 3.93. The molecule has 0 aliphatic rings. The molecule has 2 aromatic rings. The Morgan fingerprint density at radius 3 is 2.48 bits per heavy atom. The third kappa shape index (κ3) is 4.81. The molecule has 4 nitrogen and oxygen atoms in total. The zero-order valence-electron chi connectivity index (χ0n) is 13.7. The van der Waals surface area contributed by atoms with Gasteiger partial charge in [-0.05, 0) is 29.2 Å². The predicted octanol–water partition coefficient (Wildman–Crippen LogP) is 3.23. The summed E-state index contributed by atoms with van der Waals surface area (Å²) in [5, 5.41) is 4.97. The Hall–Kier alpha value is -2.36. The van der Waals surface area contributed by atoms with E-state index in [1.807, 2.05) is 56.3 Å². The number of amides is 1. The highest BCUT2D eigenvalue weighted by Crippen LogP contribution is 2.19. The average Bonchev–Trinajstić information content (AvgIpc) is 2.58. The molecule has 1 N–H and O–H groups in total. The lowest BCUT2D eigenvalue weighted by atomic mass is 10.0. The molecule has 0 aliphatic heterocycles. The molecule has 0 spiro atoms. The average molecular weight is 313 g/mol. The van der Waals surface area contributed by atoms with Crippen LogP contribution in [0, 0.1) is 0 Å². The van der Waals surface area contributed by atoms with Crippen LogP contribution in [-0.4, -0.2) is 24.5 Å². The Labute approximate surface area is 136 Å². The Morgan fingerprint density at radius 2 is 1.74 bits per heavy atom. The van der Waals surface area contributed by atoms with E-state index in [1.165, 1.54) is 0 Å². The predicted molar refractivity (Wildman–Crippen MR) is 91.1 cm³/mol. The Bertz CT molecular complexity index is 672. The van der Waals surface area contributed by atoms with Crippen molar-refractivity contribution < 1.29 is 14.3 Å². The summed E-state index contributed by atoms with van der Waals surface area (Å²) >= 11 is 0. The van der Waals surface area contributed by atoms with Gasteiger partial charge in [0, 0.05) is 6.04 Å². The van der Waals surface area contributed by atoms with Gasteiger partial charge in [0.15, 0.2) is 6.61 Å². The van der Waals surface area contributed by atoms with Gasteiger partial charge < -0.3 is 10.1 Å². The highest BCUT2D eigenvalue weighted by Gasteiger charge is 2.12. The van der Waals surface area contributed by atoms with Crippen LogP contribution in [0.1, 0.15) is 32.3 Å². The Kier molecular flexibility index (Phi) is 6.15. The molecule has 0 unspecified atom stereocenters. The number of ether oxygens (including phenoxy) is 1.